The van der Waals surface area contributed by atoms with Crippen LogP contribution in [0.15, 0.2) is 17.1 Å². The first-order valence-corrected chi connectivity index (χ1v) is 6.05. The highest BCUT2D eigenvalue weighted by atomic mass is 19.3. The second kappa shape index (κ2) is 4.71. The lowest BCUT2D eigenvalue weighted by Crippen LogP contribution is -2.32. The lowest BCUT2D eigenvalue weighted by Gasteiger charge is -2.29. The van der Waals surface area contributed by atoms with E-state index in [4.69, 9.17) is 0 Å². The van der Waals surface area contributed by atoms with Gasteiger partial charge in [0.2, 0.25) is 5.92 Å². The third-order valence-electron chi connectivity index (χ3n) is 3.44. The third kappa shape index (κ3) is 2.80. The van der Waals surface area contributed by atoms with Crippen LogP contribution in [0.1, 0.15) is 37.3 Å². The molecule has 0 aromatic carbocycles. The summed E-state index contributed by atoms with van der Waals surface area (Å²) in [5, 5.41) is 10.8. The Balaban J connectivity index is 2.36. The predicted octanol–water partition coefficient (Wildman–Crippen LogP) is 2.82. The normalized spacial score (nSPS) is 19.3. The van der Waals surface area contributed by atoms with E-state index in [1.807, 2.05) is 0 Å². The second-order valence-electron chi connectivity index (χ2n) is 4.96. The van der Waals surface area contributed by atoms with Gasteiger partial charge in [-0.05, 0) is 25.3 Å². The largest absolute Gasteiger partial charge is 0.334 e. The van der Waals surface area contributed by atoms with Gasteiger partial charge in [-0.3, -0.25) is 14.9 Å². The van der Waals surface area contributed by atoms with Crippen LogP contribution in [0.4, 0.5) is 14.5 Å². The van der Waals surface area contributed by atoms with E-state index in [1.54, 1.807) is 6.92 Å². The summed E-state index contributed by atoms with van der Waals surface area (Å²) in [6, 6.07) is 0.821. The molecule has 1 saturated carbocycles. The number of nitro groups is 1. The number of aryl methyl sites for hydroxylation is 1. The van der Waals surface area contributed by atoms with Gasteiger partial charge in [0.1, 0.15) is 0 Å². The van der Waals surface area contributed by atoms with Crippen LogP contribution in [0.2, 0.25) is 0 Å². The number of hydrogen-bond donors (Lipinski definition) is 0. The highest BCUT2D eigenvalue weighted by molar-refractivity contribution is 5.30. The van der Waals surface area contributed by atoms with Crippen molar-refractivity contribution < 1.29 is 13.7 Å². The van der Waals surface area contributed by atoms with Gasteiger partial charge in [-0.25, -0.2) is 8.78 Å². The number of halogens is 2. The van der Waals surface area contributed by atoms with E-state index in [9.17, 15) is 23.7 Å². The summed E-state index contributed by atoms with van der Waals surface area (Å²) in [6.45, 7) is 1.64. The van der Waals surface area contributed by atoms with Gasteiger partial charge < -0.3 is 4.57 Å². The van der Waals surface area contributed by atoms with Crippen LogP contribution in [0, 0.1) is 17.0 Å². The first-order valence-electron chi connectivity index (χ1n) is 6.05. The summed E-state index contributed by atoms with van der Waals surface area (Å²) in [5.41, 5.74) is -0.646. The Bertz CT molecular complexity index is 559. The standard InChI is InChI=1S/C12H14F2N2O3/c1-8-6-10(16(18)19)11(17)15(7-8)9-2-4-12(13,14)5-3-9/h6-7,9H,2-5H2,1H3. The molecule has 7 heteroatoms. The van der Waals surface area contributed by atoms with Gasteiger partial charge in [-0.1, -0.05) is 0 Å². The van der Waals surface area contributed by atoms with Crippen LogP contribution in [-0.4, -0.2) is 15.4 Å². The molecule has 0 spiro atoms. The van der Waals surface area contributed by atoms with Gasteiger partial charge in [0.25, 0.3) is 0 Å². The van der Waals surface area contributed by atoms with E-state index in [0.717, 1.165) is 0 Å². The smallest absolute Gasteiger partial charge is 0.306 e. The summed E-state index contributed by atoms with van der Waals surface area (Å²) >= 11 is 0. The number of rotatable bonds is 2. The fourth-order valence-electron chi connectivity index (χ4n) is 2.43. The summed E-state index contributed by atoms with van der Waals surface area (Å²) in [5.74, 6) is -2.68. The van der Waals surface area contributed by atoms with Crippen molar-refractivity contribution in [3.63, 3.8) is 0 Å². The van der Waals surface area contributed by atoms with E-state index in [-0.39, 0.29) is 31.7 Å². The topological polar surface area (TPSA) is 65.1 Å². The molecule has 1 aromatic rings. The van der Waals surface area contributed by atoms with Crippen LogP contribution in [0.25, 0.3) is 0 Å². The van der Waals surface area contributed by atoms with E-state index < -0.39 is 22.1 Å². The Kier molecular flexibility index (Phi) is 3.38. The zero-order chi connectivity index (χ0) is 14.2. The van der Waals surface area contributed by atoms with E-state index >= 15 is 0 Å². The maximum atomic E-state index is 13.1. The zero-order valence-electron chi connectivity index (χ0n) is 10.4. The van der Waals surface area contributed by atoms with Gasteiger partial charge in [-0.15, -0.1) is 0 Å². The Morgan fingerprint density at radius 3 is 2.53 bits per heavy atom. The quantitative estimate of drug-likeness (QED) is 0.614. The van der Waals surface area contributed by atoms with E-state index in [1.165, 1.54) is 16.8 Å². The summed E-state index contributed by atoms with van der Waals surface area (Å²) in [4.78, 5) is 22.0. The average Bonchev–Trinajstić information content (AvgIpc) is 2.32. The molecule has 0 saturated heterocycles. The van der Waals surface area contributed by atoms with Crippen LogP contribution < -0.4 is 5.56 Å². The molecule has 1 fully saturated rings. The molecular formula is C12H14F2N2O3. The van der Waals surface area contributed by atoms with Crippen molar-refractivity contribution in [1.82, 2.24) is 4.57 Å². The fourth-order valence-corrected chi connectivity index (χ4v) is 2.43. The molecule has 0 aliphatic heterocycles. The van der Waals surface area contributed by atoms with Gasteiger partial charge >= 0.3 is 11.2 Å². The molecule has 0 atom stereocenters. The lowest BCUT2D eigenvalue weighted by molar-refractivity contribution is -0.386. The first-order chi connectivity index (χ1) is 8.80. The molecule has 0 N–H and O–H groups in total. The van der Waals surface area contributed by atoms with Gasteiger partial charge in [0.15, 0.2) is 0 Å². The fraction of sp³-hybridized carbons (Fsp3) is 0.583. The maximum absolute atomic E-state index is 13.1. The van der Waals surface area contributed by atoms with Crippen molar-refractivity contribution in [2.75, 3.05) is 0 Å². The van der Waals surface area contributed by atoms with Crippen LogP contribution in [0.3, 0.4) is 0 Å². The minimum Gasteiger partial charge on any atom is -0.306 e. The Morgan fingerprint density at radius 1 is 1.42 bits per heavy atom. The Labute approximate surface area is 108 Å². The SMILES string of the molecule is Cc1cc([N+](=O)[O-])c(=O)n(C2CCC(F)(F)CC2)c1. The van der Waals surface area contributed by atoms with Crippen molar-refractivity contribution in [3.05, 3.63) is 38.3 Å². The van der Waals surface area contributed by atoms with Crippen molar-refractivity contribution >= 4 is 5.69 Å². The van der Waals surface area contributed by atoms with Crippen LogP contribution >= 0.6 is 0 Å². The number of hydrogen-bond acceptors (Lipinski definition) is 3. The summed E-state index contributed by atoms with van der Waals surface area (Å²) < 4.78 is 27.4. The maximum Gasteiger partial charge on any atom is 0.334 e. The second-order valence-corrected chi connectivity index (χ2v) is 4.96. The van der Waals surface area contributed by atoms with Gasteiger partial charge in [0, 0.05) is 31.1 Å². The van der Waals surface area contributed by atoms with Crippen molar-refractivity contribution in [2.24, 2.45) is 0 Å². The minimum absolute atomic E-state index is 0.160. The van der Waals surface area contributed by atoms with E-state index in [0.29, 0.717) is 5.56 Å². The number of pyridine rings is 1. The molecule has 104 valence electrons. The molecule has 1 aromatic heterocycles. The van der Waals surface area contributed by atoms with Crippen molar-refractivity contribution in [3.8, 4) is 0 Å². The minimum atomic E-state index is -2.68. The molecule has 0 bridgehead atoms. The molecule has 1 heterocycles. The summed E-state index contributed by atoms with van der Waals surface area (Å²) in [7, 11) is 0. The van der Waals surface area contributed by atoms with Crippen molar-refractivity contribution in [2.45, 2.75) is 44.6 Å². The zero-order valence-corrected chi connectivity index (χ0v) is 10.4. The molecule has 5 nitrogen and oxygen atoms in total. The van der Waals surface area contributed by atoms with Gasteiger partial charge in [-0.2, -0.15) is 0 Å². The Hall–Kier alpha value is -1.79. The molecule has 0 radical (unpaired) electrons. The van der Waals surface area contributed by atoms with Crippen molar-refractivity contribution in [1.29, 1.82) is 0 Å². The number of nitrogens with zero attached hydrogens (tertiary/aromatic N) is 2. The molecule has 1 aliphatic rings. The van der Waals surface area contributed by atoms with Gasteiger partial charge in [0.05, 0.1) is 4.92 Å². The number of alkyl halides is 2. The third-order valence-corrected chi connectivity index (χ3v) is 3.44. The first kappa shape index (κ1) is 13.6. The molecule has 2 rings (SSSR count). The highest BCUT2D eigenvalue weighted by Crippen LogP contribution is 2.38. The molecule has 0 unspecified atom stereocenters. The Morgan fingerprint density at radius 2 is 2.00 bits per heavy atom. The van der Waals surface area contributed by atoms with Crippen LogP contribution in [0.5, 0.6) is 0 Å². The monoisotopic (exact) mass is 272 g/mol. The average molecular weight is 272 g/mol. The van der Waals surface area contributed by atoms with Crippen LogP contribution in [-0.2, 0) is 0 Å². The van der Waals surface area contributed by atoms with E-state index in [2.05, 4.69) is 0 Å². The highest BCUT2D eigenvalue weighted by Gasteiger charge is 2.36. The summed E-state index contributed by atoms with van der Waals surface area (Å²) in [6.07, 6.45) is 1.25. The lowest BCUT2D eigenvalue weighted by atomic mass is 9.92. The molecule has 1 aliphatic carbocycles. The molecular weight excluding hydrogens is 258 g/mol. The molecule has 0 amide bonds. The predicted molar refractivity (Wildman–Crippen MR) is 64.5 cm³/mol. The number of aromatic nitrogens is 1. The molecule has 19 heavy (non-hydrogen) atoms.